The summed E-state index contributed by atoms with van der Waals surface area (Å²) in [7, 11) is 10.6. The van der Waals surface area contributed by atoms with Gasteiger partial charge in [0.05, 0.1) is 55.3 Å². The zero-order valence-corrected chi connectivity index (χ0v) is 20.5. The van der Waals surface area contributed by atoms with E-state index in [1.54, 1.807) is 7.11 Å². The Kier molecular flexibility index (Phi) is 8.09. The van der Waals surface area contributed by atoms with Crippen LogP contribution >= 0.6 is 0 Å². The summed E-state index contributed by atoms with van der Waals surface area (Å²) in [4.78, 5) is 11.6. The number of para-hydroxylation sites is 1. The molecule has 8 nitrogen and oxygen atoms in total. The standard InChI is InChI=1S/C26H30O8/c1-27-19-16-12-11-15-18(19)26(34-33-7,17-13-9-8-10-14-17)20-21(28-2)23(30-4)25(32-6)24(31-5)22(20)29-3/h8-16H,1-7H3. The van der Waals surface area contributed by atoms with Crippen LogP contribution in [-0.2, 0) is 15.4 Å². The summed E-state index contributed by atoms with van der Waals surface area (Å²) in [5.41, 5.74) is 0.347. The second-order valence-corrected chi connectivity index (χ2v) is 7.04. The van der Waals surface area contributed by atoms with E-state index in [1.807, 2.05) is 54.6 Å². The first kappa shape index (κ1) is 25.0. The lowest BCUT2D eigenvalue weighted by Crippen LogP contribution is -2.34. The Bertz CT molecular complexity index is 1070. The van der Waals surface area contributed by atoms with Gasteiger partial charge in [-0.2, -0.15) is 0 Å². The van der Waals surface area contributed by atoms with Gasteiger partial charge < -0.3 is 28.4 Å². The van der Waals surface area contributed by atoms with Crippen molar-refractivity contribution in [1.29, 1.82) is 0 Å². The number of benzene rings is 3. The monoisotopic (exact) mass is 470 g/mol. The van der Waals surface area contributed by atoms with Crippen molar-refractivity contribution in [2.45, 2.75) is 5.60 Å². The molecule has 1 unspecified atom stereocenters. The zero-order chi connectivity index (χ0) is 24.7. The summed E-state index contributed by atoms with van der Waals surface area (Å²) in [5, 5.41) is 0. The van der Waals surface area contributed by atoms with Crippen molar-refractivity contribution < 1.29 is 38.2 Å². The van der Waals surface area contributed by atoms with Gasteiger partial charge >= 0.3 is 0 Å². The summed E-state index contributed by atoms with van der Waals surface area (Å²) in [6, 6.07) is 17.0. The summed E-state index contributed by atoms with van der Waals surface area (Å²) >= 11 is 0. The molecule has 0 amide bonds. The summed E-state index contributed by atoms with van der Waals surface area (Å²) < 4.78 is 34.6. The lowest BCUT2D eigenvalue weighted by atomic mass is 9.78. The van der Waals surface area contributed by atoms with Gasteiger partial charge in [0, 0.05) is 5.56 Å². The van der Waals surface area contributed by atoms with Crippen LogP contribution in [0, 0.1) is 0 Å². The van der Waals surface area contributed by atoms with Gasteiger partial charge in [-0.05, 0) is 11.6 Å². The minimum absolute atomic E-state index is 0.299. The van der Waals surface area contributed by atoms with Gasteiger partial charge in [-0.15, -0.1) is 0 Å². The van der Waals surface area contributed by atoms with Gasteiger partial charge in [0.2, 0.25) is 17.2 Å². The molecule has 34 heavy (non-hydrogen) atoms. The van der Waals surface area contributed by atoms with E-state index in [0.29, 0.717) is 51.2 Å². The molecule has 0 aliphatic heterocycles. The molecule has 0 saturated carbocycles. The summed E-state index contributed by atoms with van der Waals surface area (Å²) in [6.45, 7) is 0. The third-order valence-corrected chi connectivity index (χ3v) is 5.53. The van der Waals surface area contributed by atoms with Crippen molar-refractivity contribution in [1.82, 2.24) is 0 Å². The Hall–Kier alpha value is -3.62. The average Bonchev–Trinajstić information content (AvgIpc) is 2.90. The Morgan fingerprint density at radius 3 is 1.44 bits per heavy atom. The molecule has 1 atom stereocenters. The maximum Gasteiger partial charge on any atom is 0.211 e. The summed E-state index contributed by atoms with van der Waals surface area (Å²) in [5.74, 6) is 2.08. The third kappa shape index (κ3) is 3.95. The van der Waals surface area contributed by atoms with Crippen molar-refractivity contribution in [3.8, 4) is 34.5 Å². The Balaban J connectivity index is 2.66. The van der Waals surface area contributed by atoms with Gasteiger partial charge in [0.15, 0.2) is 17.1 Å². The number of ether oxygens (including phenoxy) is 6. The second-order valence-electron chi connectivity index (χ2n) is 7.04. The molecule has 0 fully saturated rings. The number of methoxy groups -OCH3 is 6. The minimum atomic E-state index is -1.44. The number of hydrogen-bond donors (Lipinski definition) is 0. The van der Waals surface area contributed by atoms with Crippen molar-refractivity contribution in [2.24, 2.45) is 0 Å². The van der Waals surface area contributed by atoms with Crippen LogP contribution in [0.15, 0.2) is 54.6 Å². The highest BCUT2D eigenvalue weighted by atomic mass is 17.2. The van der Waals surface area contributed by atoms with E-state index in [1.165, 1.54) is 42.7 Å². The SMILES string of the molecule is COOC(c1ccccc1)(c1ccccc1OC)c1c(OC)c(OC)c(OC)c(OC)c1OC. The third-order valence-electron chi connectivity index (χ3n) is 5.53. The quantitative estimate of drug-likeness (QED) is 0.229. The molecule has 0 saturated heterocycles. The lowest BCUT2D eigenvalue weighted by Gasteiger charge is -2.37. The fraction of sp³-hybridized carbons (Fsp3) is 0.308. The van der Waals surface area contributed by atoms with Crippen molar-refractivity contribution >= 4 is 0 Å². The maximum atomic E-state index is 6.20. The normalized spacial score (nSPS) is 12.4. The van der Waals surface area contributed by atoms with Crippen molar-refractivity contribution in [2.75, 3.05) is 49.8 Å². The van der Waals surface area contributed by atoms with Gasteiger partial charge in [0.25, 0.3) is 0 Å². The van der Waals surface area contributed by atoms with Gasteiger partial charge in [-0.1, -0.05) is 48.5 Å². The second kappa shape index (κ2) is 11.0. The minimum Gasteiger partial charge on any atom is -0.496 e. The molecule has 8 heteroatoms. The van der Waals surface area contributed by atoms with Crippen LogP contribution < -0.4 is 28.4 Å². The van der Waals surface area contributed by atoms with E-state index in [0.717, 1.165) is 0 Å². The molecular formula is C26H30O8. The molecule has 0 aliphatic rings. The van der Waals surface area contributed by atoms with E-state index in [2.05, 4.69) is 0 Å². The van der Waals surface area contributed by atoms with Crippen molar-refractivity contribution in [3.63, 3.8) is 0 Å². The topological polar surface area (TPSA) is 73.8 Å². The highest BCUT2D eigenvalue weighted by Gasteiger charge is 2.49. The molecule has 3 aromatic carbocycles. The first-order chi connectivity index (χ1) is 16.6. The lowest BCUT2D eigenvalue weighted by molar-refractivity contribution is -0.327. The van der Waals surface area contributed by atoms with Crippen LogP contribution in [0.25, 0.3) is 0 Å². The highest BCUT2D eigenvalue weighted by Crippen LogP contribution is 2.60. The van der Waals surface area contributed by atoms with E-state index in [9.17, 15) is 0 Å². The van der Waals surface area contributed by atoms with Gasteiger partial charge in [-0.3, -0.25) is 0 Å². The molecule has 0 N–H and O–H groups in total. The summed E-state index contributed by atoms with van der Waals surface area (Å²) in [6.07, 6.45) is 0. The van der Waals surface area contributed by atoms with Gasteiger partial charge in [0.1, 0.15) is 5.75 Å². The molecule has 182 valence electrons. The predicted octanol–water partition coefficient (Wildman–Crippen LogP) is 4.61. The van der Waals surface area contributed by atoms with Crippen LogP contribution in [0.3, 0.4) is 0 Å². The molecule has 0 heterocycles. The first-order valence-electron chi connectivity index (χ1n) is 10.4. The predicted molar refractivity (Wildman–Crippen MR) is 127 cm³/mol. The molecule has 0 aliphatic carbocycles. The Morgan fingerprint density at radius 2 is 0.971 bits per heavy atom. The fourth-order valence-electron chi connectivity index (χ4n) is 4.21. The average molecular weight is 471 g/mol. The van der Waals surface area contributed by atoms with Crippen LogP contribution in [0.1, 0.15) is 16.7 Å². The molecule has 0 radical (unpaired) electrons. The van der Waals surface area contributed by atoms with Gasteiger partial charge in [-0.25, -0.2) is 9.78 Å². The first-order valence-corrected chi connectivity index (χ1v) is 10.4. The maximum absolute atomic E-state index is 6.20. The molecule has 0 aromatic heterocycles. The smallest absolute Gasteiger partial charge is 0.211 e. The Morgan fingerprint density at radius 1 is 0.500 bits per heavy atom. The largest absolute Gasteiger partial charge is 0.496 e. The van der Waals surface area contributed by atoms with Crippen LogP contribution in [-0.4, -0.2) is 49.8 Å². The van der Waals surface area contributed by atoms with E-state index in [4.69, 9.17) is 38.2 Å². The van der Waals surface area contributed by atoms with E-state index < -0.39 is 5.60 Å². The highest BCUT2D eigenvalue weighted by molar-refractivity contribution is 5.75. The number of hydrogen-bond acceptors (Lipinski definition) is 8. The fourth-order valence-corrected chi connectivity index (χ4v) is 4.21. The Labute approximate surface area is 199 Å². The molecule has 0 spiro atoms. The van der Waals surface area contributed by atoms with Crippen LogP contribution in [0.5, 0.6) is 34.5 Å². The molecule has 3 aromatic rings. The molecule has 0 bridgehead atoms. The van der Waals surface area contributed by atoms with E-state index in [-0.39, 0.29) is 0 Å². The van der Waals surface area contributed by atoms with E-state index >= 15 is 0 Å². The number of rotatable bonds is 11. The zero-order valence-electron chi connectivity index (χ0n) is 20.5. The molecule has 3 rings (SSSR count). The van der Waals surface area contributed by atoms with Crippen LogP contribution in [0.2, 0.25) is 0 Å². The molecular weight excluding hydrogens is 440 g/mol. The van der Waals surface area contributed by atoms with Crippen LogP contribution in [0.4, 0.5) is 0 Å². The van der Waals surface area contributed by atoms with Crippen molar-refractivity contribution in [3.05, 3.63) is 71.3 Å².